The summed E-state index contributed by atoms with van der Waals surface area (Å²) in [4.78, 5) is 22.5. The van der Waals surface area contributed by atoms with Crippen LogP contribution in [0.15, 0.2) is 24.3 Å². The fraction of sp³-hybridized carbons (Fsp3) is 0.333. The van der Waals surface area contributed by atoms with Gasteiger partial charge in [-0.1, -0.05) is 18.2 Å². The van der Waals surface area contributed by atoms with Crippen LogP contribution in [0.4, 0.5) is 4.79 Å². The third-order valence-corrected chi connectivity index (χ3v) is 4.04. The highest BCUT2D eigenvalue weighted by atomic mass is 16.5. The maximum atomic E-state index is 11.9. The van der Waals surface area contributed by atoms with E-state index in [2.05, 4.69) is 17.5 Å². The number of hydrogen-bond donors (Lipinski definition) is 2. The van der Waals surface area contributed by atoms with Gasteiger partial charge in [-0.3, -0.25) is 0 Å². The molecule has 2 atom stereocenters. The lowest BCUT2D eigenvalue weighted by Crippen LogP contribution is -2.21. The van der Waals surface area contributed by atoms with Gasteiger partial charge in [-0.2, -0.15) is 0 Å². The second-order valence-electron chi connectivity index (χ2n) is 5.08. The van der Waals surface area contributed by atoms with Gasteiger partial charge in [0.1, 0.15) is 0 Å². The molecule has 0 saturated heterocycles. The van der Waals surface area contributed by atoms with Crippen LogP contribution in [0.1, 0.15) is 45.3 Å². The molecule has 0 spiro atoms. The van der Waals surface area contributed by atoms with Crippen molar-refractivity contribution in [2.24, 2.45) is 0 Å². The first-order chi connectivity index (χ1) is 9.61. The van der Waals surface area contributed by atoms with E-state index in [0.29, 0.717) is 5.56 Å². The Morgan fingerprint density at radius 2 is 2.00 bits per heavy atom. The van der Waals surface area contributed by atoms with E-state index in [-0.39, 0.29) is 24.3 Å². The lowest BCUT2D eigenvalue weighted by atomic mass is 9.88. The van der Waals surface area contributed by atoms with Gasteiger partial charge in [0, 0.05) is 18.4 Å². The summed E-state index contributed by atoms with van der Waals surface area (Å²) in [6.07, 6.45) is 4.17. The first-order valence-electron chi connectivity index (χ1n) is 6.51. The number of allylic oxidation sites excluding steroid dienone is 2. The van der Waals surface area contributed by atoms with Crippen LogP contribution in [0.2, 0.25) is 0 Å². The summed E-state index contributed by atoms with van der Waals surface area (Å²) in [7, 11) is 1.37. The van der Waals surface area contributed by atoms with Crippen LogP contribution in [0.5, 0.6) is 0 Å². The summed E-state index contributed by atoms with van der Waals surface area (Å²) in [6, 6.07) is 3.55. The van der Waals surface area contributed by atoms with Gasteiger partial charge in [-0.25, -0.2) is 9.59 Å². The Kier molecular flexibility index (Phi) is 2.97. The summed E-state index contributed by atoms with van der Waals surface area (Å²) in [6.45, 7) is 0.260. The molecule has 20 heavy (non-hydrogen) atoms. The first-order valence-corrected chi connectivity index (χ1v) is 6.51. The minimum Gasteiger partial charge on any atom is -0.465 e. The van der Waals surface area contributed by atoms with E-state index in [4.69, 9.17) is 9.84 Å². The van der Waals surface area contributed by atoms with E-state index in [1.165, 1.54) is 7.11 Å². The number of carboxylic acid groups (broad SMARTS) is 1. The number of carbonyl (C=O) groups excluding carboxylic acids is 1. The van der Waals surface area contributed by atoms with E-state index in [0.717, 1.165) is 23.1 Å². The number of ether oxygens (including phenoxy) is 1. The van der Waals surface area contributed by atoms with Gasteiger partial charge in [-0.15, -0.1) is 0 Å². The normalized spacial score (nSPS) is 21.6. The summed E-state index contributed by atoms with van der Waals surface area (Å²) >= 11 is 0. The molecule has 1 amide bonds. The van der Waals surface area contributed by atoms with E-state index in [9.17, 15) is 9.59 Å². The maximum absolute atomic E-state index is 11.9. The monoisotopic (exact) mass is 273 g/mol. The van der Waals surface area contributed by atoms with Gasteiger partial charge < -0.3 is 15.2 Å². The Bertz CT molecular complexity index is 621. The summed E-state index contributed by atoms with van der Waals surface area (Å²) in [5, 5.41) is 11.1. The zero-order valence-corrected chi connectivity index (χ0v) is 11.1. The van der Waals surface area contributed by atoms with Crippen molar-refractivity contribution in [1.82, 2.24) is 5.32 Å². The molecule has 5 heteroatoms. The standard InChI is InChI=1S/C15H15NO4/c1-20-14(17)11-5-4-10(7-16-15(18)19)12-8-2-3-9(6-8)13(11)12/h2-5,8-9,16H,6-7H2,1H3,(H,18,19). The SMILES string of the molecule is COC(=O)c1ccc(CNC(=O)O)c2c1C1C=CC2C1. The second kappa shape index (κ2) is 4.67. The van der Waals surface area contributed by atoms with Gasteiger partial charge in [0.15, 0.2) is 0 Å². The molecule has 0 saturated carbocycles. The molecule has 2 aliphatic carbocycles. The van der Waals surface area contributed by atoms with Crippen molar-refractivity contribution in [1.29, 1.82) is 0 Å². The molecule has 1 aromatic carbocycles. The molecular formula is C15H15NO4. The molecule has 2 unspecified atom stereocenters. The second-order valence-corrected chi connectivity index (χ2v) is 5.08. The average molecular weight is 273 g/mol. The van der Waals surface area contributed by atoms with Gasteiger partial charge in [0.25, 0.3) is 0 Å². The Morgan fingerprint density at radius 1 is 1.30 bits per heavy atom. The van der Waals surface area contributed by atoms with E-state index in [1.54, 1.807) is 6.07 Å². The number of amides is 1. The van der Waals surface area contributed by atoms with E-state index < -0.39 is 6.09 Å². The minimum absolute atomic E-state index is 0.244. The third-order valence-electron chi connectivity index (χ3n) is 4.04. The molecule has 2 bridgehead atoms. The number of benzene rings is 1. The van der Waals surface area contributed by atoms with Crippen LogP contribution in [0, 0.1) is 0 Å². The lowest BCUT2D eigenvalue weighted by molar-refractivity contribution is 0.0599. The zero-order valence-electron chi connectivity index (χ0n) is 11.1. The quantitative estimate of drug-likeness (QED) is 0.655. The van der Waals surface area contributed by atoms with Gasteiger partial charge >= 0.3 is 12.1 Å². The van der Waals surface area contributed by atoms with Gasteiger partial charge in [-0.05, 0) is 29.2 Å². The van der Waals surface area contributed by atoms with Crippen LogP contribution in [-0.2, 0) is 11.3 Å². The van der Waals surface area contributed by atoms with Crippen LogP contribution < -0.4 is 5.32 Å². The molecular weight excluding hydrogens is 258 g/mol. The molecule has 0 fully saturated rings. The first kappa shape index (κ1) is 12.7. The van der Waals surface area contributed by atoms with Crippen LogP contribution in [0.25, 0.3) is 0 Å². The topological polar surface area (TPSA) is 75.6 Å². The highest BCUT2D eigenvalue weighted by molar-refractivity contribution is 5.92. The summed E-state index contributed by atoms with van der Waals surface area (Å²) in [5.41, 5.74) is 3.63. The highest BCUT2D eigenvalue weighted by Gasteiger charge is 2.37. The van der Waals surface area contributed by atoms with Gasteiger partial charge in [0.2, 0.25) is 0 Å². The lowest BCUT2D eigenvalue weighted by Gasteiger charge is -2.18. The van der Waals surface area contributed by atoms with Crippen molar-refractivity contribution < 1.29 is 19.4 Å². The van der Waals surface area contributed by atoms with Crippen molar-refractivity contribution in [3.63, 3.8) is 0 Å². The Hall–Kier alpha value is -2.30. The molecule has 0 aromatic heterocycles. The molecule has 3 rings (SSSR count). The highest BCUT2D eigenvalue weighted by Crippen LogP contribution is 2.51. The molecule has 104 valence electrons. The van der Waals surface area contributed by atoms with Crippen LogP contribution >= 0.6 is 0 Å². The molecule has 2 aliphatic rings. The van der Waals surface area contributed by atoms with Crippen molar-refractivity contribution in [3.05, 3.63) is 46.5 Å². The van der Waals surface area contributed by atoms with Crippen molar-refractivity contribution in [3.8, 4) is 0 Å². The number of esters is 1. The number of fused-ring (bicyclic) bond motifs is 5. The average Bonchev–Trinajstić information content (AvgIpc) is 3.05. The Morgan fingerprint density at radius 3 is 2.65 bits per heavy atom. The molecule has 0 heterocycles. The number of carbonyl (C=O) groups is 2. The van der Waals surface area contributed by atoms with Crippen molar-refractivity contribution in [2.45, 2.75) is 24.8 Å². The van der Waals surface area contributed by atoms with Crippen molar-refractivity contribution >= 4 is 12.1 Å². The molecule has 0 aliphatic heterocycles. The molecule has 0 radical (unpaired) electrons. The van der Waals surface area contributed by atoms with E-state index in [1.807, 2.05) is 6.07 Å². The molecule has 1 aromatic rings. The fourth-order valence-electron chi connectivity index (χ4n) is 3.26. The number of nitrogens with one attached hydrogen (secondary N) is 1. The maximum Gasteiger partial charge on any atom is 0.404 e. The molecule has 5 nitrogen and oxygen atoms in total. The molecule has 2 N–H and O–H groups in total. The summed E-state index contributed by atoms with van der Waals surface area (Å²) < 4.78 is 4.83. The van der Waals surface area contributed by atoms with Crippen LogP contribution in [0.3, 0.4) is 0 Å². The van der Waals surface area contributed by atoms with Crippen molar-refractivity contribution in [2.75, 3.05) is 7.11 Å². The van der Waals surface area contributed by atoms with Crippen LogP contribution in [-0.4, -0.2) is 24.3 Å². The largest absolute Gasteiger partial charge is 0.465 e. The van der Waals surface area contributed by atoms with E-state index >= 15 is 0 Å². The zero-order chi connectivity index (χ0) is 14.3. The number of hydrogen-bond acceptors (Lipinski definition) is 3. The number of rotatable bonds is 3. The Balaban J connectivity index is 2.05. The predicted octanol–water partition coefficient (Wildman–Crippen LogP) is 2.38. The van der Waals surface area contributed by atoms with Gasteiger partial charge in [0.05, 0.1) is 12.7 Å². The third kappa shape index (κ3) is 1.86. The summed E-state index contributed by atoms with van der Waals surface area (Å²) in [5.74, 6) is 0.194. The number of methoxy groups -OCH3 is 1. The fourth-order valence-corrected chi connectivity index (χ4v) is 3.26. The smallest absolute Gasteiger partial charge is 0.404 e. The minimum atomic E-state index is -1.05. The Labute approximate surface area is 116 Å². The predicted molar refractivity (Wildman–Crippen MR) is 71.9 cm³/mol.